The number of alkyl halides is 6. The van der Waals surface area contributed by atoms with E-state index < -0.39 is 35.5 Å². The number of carbonyl (C=O) groups excluding carboxylic acids is 2. The molecule has 0 aliphatic carbocycles. The standard InChI is InChI=1S/C25H17F6N7O2/c26-24(27,28)15-8-4-10-17(12-15)32-22(39)37-20-34-19(14-6-2-1-3-7-14)35-21(36-20)38-23(40)33-18-11-5-9-16(13-18)25(29,30)31/h1-13H,(H4,32,33,34,35,36,37,38,39,40). The van der Waals surface area contributed by atoms with Crippen molar-refractivity contribution in [3.8, 4) is 11.4 Å². The number of halogens is 6. The van der Waals surface area contributed by atoms with E-state index in [1.807, 2.05) is 0 Å². The molecular weight excluding hydrogens is 544 g/mol. The van der Waals surface area contributed by atoms with E-state index in [0.29, 0.717) is 5.56 Å². The Labute approximate surface area is 221 Å². The predicted molar refractivity (Wildman–Crippen MR) is 133 cm³/mol. The summed E-state index contributed by atoms with van der Waals surface area (Å²) in [6, 6.07) is 14.1. The Morgan fingerprint density at radius 1 is 0.550 bits per heavy atom. The van der Waals surface area contributed by atoms with Crippen molar-refractivity contribution >= 4 is 35.3 Å². The summed E-state index contributed by atoms with van der Waals surface area (Å²) in [6.45, 7) is 0. The summed E-state index contributed by atoms with van der Waals surface area (Å²) in [6.07, 6.45) is -9.25. The second kappa shape index (κ2) is 11.3. The quantitative estimate of drug-likeness (QED) is 0.198. The predicted octanol–water partition coefficient (Wildman–Crippen LogP) is 6.86. The molecule has 4 amide bonds. The lowest BCUT2D eigenvalue weighted by atomic mass is 10.2. The number of nitrogens with zero attached hydrogens (tertiary/aromatic N) is 3. The fraction of sp³-hybridized carbons (Fsp3) is 0.0800. The Morgan fingerprint density at radius 3 is 1.43 bits per heavy atom. The SMILES string of the molecule is O=C(Nc1cccc(C(F)(F)F)c1)Nc1nc(NC(=O)Nc2cccc(C(F)(F)F)c2)nc(-c2ccccc2)n1. The zero-order valence-corrected chi connectivity index (χ0v) is 19.9. The van der Waals surface area contributed by atoms with E-state index in [9.17, 15) is 35.9 Å². The third kappa shape index (κ3) is 7.43. The molecule has 4 aromatic rings. The van der Waals surface area contributed by atoms with Gasteiger partial charge in [-0.25, -0.2) is 9.59 Å². The Balaban J connectivity index is 1.54. The van der Waals surface area contributed by atoms with Crippen LogP contribution in [-0.2, 0) is 12.4 Å². The summed E-state index contributed by atoms with van der Waals surface area (Å²) < 4.78 is 77.8. The Kier molecular flexibility index (Phi) is 7.83. The zero-order valence-electron chi connectivity index (χ0n) is 19.9. The van der Waals surface area contributed by atoms with E-state index in [0.717, 1.165) is 36.4 Å². The van der Waals surface area contributed by atoms with E-state index in [-0.39, 0.29) is 29.1 Å². The van der Waals surface area contributed by atoms with Crippen LogP contribution >= 0.6 is 0 Å². The van der Waals surface area contributed by atoms with Gasteiger partial charge in [0.15, 0.2) is 5.82 Å². The minimum Gasteiger partial charge on any atom is -0.308 e. The molecule has 9 nitrogen and oxygen atoms in total. The van der Waals surface area contributed by atoms with Gasteiger partial charge in [0, 0.05) is 16.9 Å². The van der Waals surface area contributed by atoms with Gasteiger partial charge in [-0.15, -0.1) is 0 Å². The third-order valence-electron chi connectivity index (χ3n) is 5.01. The number of anilines is 4. The zero-order chi connectivity index (χ0) is 28.9. The van der Waals surface area contributed by atoms with Crippen LogP contribution in [0.3, 0.4) is 0 Å². The highest BCUT2D eigenvalue weighted by molar-refractivity contribution is 6.00. The normalized spacial score (nSPS) is 11.4. The largest absolute Gasteiger partial charge is 0.416 e. The van der Waals surface area contributed by atoms with Crippen molar-refractivity contribution in [3.05, 3.63) is 90.0 Å². The molecule has 1 aromatic heterocycles. The lowest BCUT2D eigenvalue weighted by molar-refractivity contribution is -0.138. The molecule has 15 heteroatoms. The molecule has 3 aromatic carbocycles. The summed E-state index contributed by atoms with van der Waals surface area (Å²) >= 11 is 0. The molecular formula is C25H17F6N7O2. The van der Waals surface area contributed by atoms with Gasteiger partial charge in [0.1, 0.15) is 0 Å². The summed E-state index contributed by atoms with van der Waals surface area (Å²) in [4.78, 5) is 37.1. The van der Waals surface area contributed by atoms with Crippen molar-refractivity contribution in [1.29, 1.82) is 0 Å². The summed E-state index contributed by atoms with van der Waals surface area (Å²) in [5.41, 5.74) is -1.83. The lowest BCUT2D eigenvalue weighted by Crippen LogP contribution is -2.24. The number of hydrogen-bond donors (Lipinski definition) is 4. The molecule has 40 heavy (non-hydrogen) atoms. The number of rotatable bonds is 5. The van der Waals surface area contributed by atoms with Gasteiger partial charge in [0.25, 0.3) is 0 Å². The maximum absolute atomic E-state index is 13.0. The fourth-order valence-corrected chi connectivity index (χ4v) is 3.28. The molecule has 0 aliphatic rings. The highest BCUT2D eigenvalue weighted by Crippen LogP contribution is 2.31. The Hall–Kier alpha value is -5.21. The second-order valence-corrected chi connectivity index (χ2v) is 7.99. The van der Waals surface area contributed by atoms with E-state index in [1.165, 1.54) is 12.1 Å². The van der Waals surface area contributed by atoms with Gasteiger partial charge in [-0.3, -0.25) is 10.6 Å². The smallest absolute Gasteiger partial charge is 0.308 e. The van der Waals surface area contributed by atoms with Crippen molar-refractivity contribution in [2.24, 2.45) is 0 Å². The van der Waals surface area contributed by atoms with Crippen LogP contribution in [0.4, 0.5) is 59.2 Å². The molecule has 0 radical (unpaired) electrons. The number of amides is 4. The van der Waals surface area contributed by atoms with Crippen LogP contribution in [0.5, 0.6) is 0 Å². The topological polar surface area (TPSA) is 121 Å². The molecule has 0 saturated heterocycles. The molecule has 4 rings (SSSR count). The van der Waals surface area contributed by atoms with Crippen LogP contribution in [0.2, 0.25) is 0 Å². The first-order chi connectivity index (χ1) is 18.9. The van der Waals surface area contributed by atoms with Crippen LogP contribution in [0.15, 0.2) is 78.9 Å². The number of aromatic nitrogens is 3. The lowest BCUT2D eigenvalue weighted by Gasteiger charge is -2.12. The highest BCUT2D eigenvalue weighted by Gasteiger charge is 2.31. The van der Waals surface area contributed by atoms with Crippen LogP contribution < -0.4 is 21.3 Å². The van der Waals surface area contributed by atoms with Crippen molar-refractivity contribution in [1.82, 2.24) is 15.0 Å². The monoisotopic (exact) mass is 561 g/mol. The Bertz CT molecular complexity index is 1440. The number of benzene rings is 3. The first kappa shape index (κ1) is 27.8. The molecule has 0 saturated carbocycles. The van der Waals surface area contributed by atoms with Gasteiger partial charge < -0.3 is 10.6 Å². The van der Waals surface area contributed by atoms with Crippen LogP contribution in [0, 0.1) is 0 Å². The first-order valence-electron chi connectivity index (χ1n) is 11.2. The second-order valence-electron chi connectivity index (χ2n) is 7.99. The minimum absolute atomic E-state index is 0.000613. The van der Waals surface area contributed by atoms with E-state index in [4.69, 9.17) is 0 Å². The number of hydrogen-bond acceptors (Lipinski definition) is 5. The van der Waals surface area contributed by atoms with Crippen molar-refractivity contribution in [2.75, 3.05) is 21.3 Å². The van der Waals surface area contributed by atoms with E-state index in [2.05, 4.69) is 36.2 Å². The van der Waals surface area contributed by atoms with Gasteiger partial charge in [0.2, 0.25) is 11.9 Å². The van der Waals surface area contributed by atoms with Crippen molar-refractivity contribution in [3.63, 3.8) is 0 Å². The van der Waals surface area contributed by atoms with E-state index in [1.54, 1.807) is 30.3 Å². The molecule has 0 atom stereocenters. The maximum atomic E-state index is 13.0. The van der Waals surface area contributed by atoms with Gasteiger partial charge in [-0.05, 0) is 36.4 Å². The Morgan fingerprint density at radius 2 is 1.00 bits per heavy atom. The van der Waals surface area contributed by atoms with Crippen LogP contribution in [0.1, 0.15) is 11.1 Å². The summed E-state index contributed by atoms with van der Waals surface area (Å²) in [7, 11) is 0. The van der Waals surface area contributed by atoms with Crippen molar-refractivity contribution < 1.29 is 35.9 Å². The van der Waals surface area contributed by atoms with Gasteiger partial charge in [-0.2, -0.15) is 41.3 Å². The number of carbonyl (C=O) groups is 2. The molecule has 0 fully saturated rings. The minimum atomic E-state index is -4.62. The number of urea groups is 2. The van der Waals surface area contributed by atoms with E-state index >= 15 is 0 Å². The van der Waals surface area contributed by atoms with Gasteiger partial charge in [-0.1, -0.05) is 42.5 Å². The van der Waals surface area contributed by atoms with Crippen LogP contribution in [-0.4, -0.2) is 27.0 Å². The molecule has 0 spiro atoms. The van der Waals surface area contributed by atoms with Gasteiger partial charge in [0.05, 0.1) is 11.1 Å². The van der Waals surface area contributed by atoms with Gasteiger partial charge >= 0.3 is 24.4 Å². The number of nitrogens with one attached hydrogen (secondary N) is 4. The molecule has 1 heterocycles. The summed E-state index contributed by atoms with van der Waals surface area (Å²) in [5.74, 6) is -0.764. The maximum Gasteiger partial charge on any atom is 0.416 e. The fourth-order valence-electron chi connectivity index (χ4n) is 3.28. The first-order valence-corrected chi connectivity index (χ1v) is 11.2. The molecule has 0 aliphatic heterocycles. The van der Waals surface area contributed by atoms with Crippen molar-refractivity contribution in [2.45, 2.75) is 12.4 Å². The van der Waals surface area contributed by atoms with Crippen LogP contribution in [0.25, 0.3) is 11.4 Å². The highest BCUT2D eigenvalue weighted by atomic mass is 19.4. The average molecular weight is 561 g/mol. The molecule has 0 unspecified atom stereocenters. The third-order valence-corrected chi connectivity index (χ3v) is 5.01. The molecule has 4 N–H and O–H groups in total. The summed E-state index contributed by atoms with van der Waals surface area (Å²) in [5, 5.41) is 8.97. The average Bonchev–Trinajstić information content (AvgIpc) is 2.88. The molecule has 206 valence electrons. The molecule has 0 bridgehead atoms.